The summed E-state index contributed by atoms with van der Waals surface area (Å²) in [5.41, 5.74) is 3.03. The maximum absolute atomic E-state index is 12.5. The molecule has 0 fully saturated rings. The molecule has 0 aliphatic carbocycles. The number of ether oxygens (including phenoxy) is 2. The number of methoxy groups -OCH3 is 2. The van der Waals surface area contributed by atoms with E-state index in [2.05, 4.69) is 15.5 Å². The van der Waals surface area contributed by atoms with Gasteiger partial charge in [0.1, 0.15) is 17.1 Å². The summed E-state index contributed by atoms with van der Waals surface area (Å²) in [5.74, 6) is 0.607. The molecule has 2 heterocycles. The molecule has 9 heteroatoms. The van der Waals surface area contributed by atoms with Gasteiger partial charge in [0.05, 0.1) is 31.7 Å². The summed E-state index contributed by atoms with van der Waals surface area (Å²) in [7, 11) is 3.05. The third kappa shape index (κ3) is 3.30. The van der Waals surface area contributed by atoms with Gasteiger partial charge >= 0.3 is 5.69 Å². The molecule has 0 amide bonds. The zero-order chi connectivity index (χ0) is 21.3. The number of aromatic nitrogens is 2. The van der Waals surface area contributed by atoms with E-state index in [1.54, 1.807) is 31.4 Å². The van der Waals surface area contributed by atoms with Crippen molar-refractivity contribution in [3.8, 4) is 23.1 Å². The van der Waals surface area contributed by atoms with Crippen molar-refractivity contribution in [2.24, 2.45) is 5.10 Å². The van der Waals surface area contributed by atoms with Crippen molar-refractivity contribution in [3.05, 3.63) is 80.5 Å². The molecular weight excluding hydrogens is 388 g/mol. The fourth-order valence-corrected chi connectivity index (χ4v) is 3.45. The molecule has 154 valence electrons. The highest BCUT2D eigenvalue weighted by atomic mass is 16.5. The van der Waals surface area contributed by atoms with Crippen LogP contribution < -0.4 is 26.1 Å². The molecule has 2 aromatic carbocycles. The lowest BCUT2D eigenvalue weighted by Gasteiger charge is -2.14. The number of para-hydroxylation sites is 2. The Morgan fingerprint density at radius 2 is 1.80 bits per heavy atom. The summed E-state index contributed by atoms with van der Waals surface area (Å²) in [4.78, 5) is 27.3. The van der Waals surface area contributed by atoms with Crippen LogP contribution in [0.5, 0.6) is 17.4 Å². The largest absolute Gasteiger partial charge is 0.497 e. The molecule has 1 aromatic heterocycles. The van der Waals surface area contributed by atoms with Gasteiger partial charge in [-0.25, -0.2) is 9.36 Å². The number of nitrogens with zero attached hydrogens (tertiary/aromatic N) is 2. The third-order valence-electron chi connectivity index (χ3n) is 4.97. The fourth-order valence-electron chi connectivity index (χ4n) is 3.45. The van der Waals surface area contributed by atoms with Gasteiger partial charge in [0, 0.05) is 6.42 Å². The second-order valence-electron chi connectivity index (χ2n) is 6.68. The van der Waals surface area contributed by atoms with Gasteiger partial charge in [0.2, 0.25) is 5.88 Å². The first-order valence-electron chi connectivity index (χ1n) is 9.21. The minimum atomic E-state index is -0.774. The van der Waals surface area contributed by atoms with E-state index >= 15 is 0 Å². The number of benzene rings is 2. The summed E-state index contributed by atoms with van der Waals surface area (Å²) in [6.07, 6.45) is 0.354. The first-order chi connectivity index (χ1) is 14.5. The van der Waals surface area contributed by atoms with Crippen molar-refractivity contribution in [3.63, 3.8) is 0 Å². The van der Waals surface area contributed by atoms with E-state index in [1.807, 2.05) is 24.3 Å². The first-order valence-corrected chi connectivity index (χ1v) is 9.21. The highest BCUT2D eigenvalue weighted by Crippen LogP contribution is 2.29. The highest BCUT2D eigenvalue weighted by Gasteiger charge is 2.28. The van der Waals surface area contributed by atoms with Crippen molar-refractivity contribution < 1.29 is 14.6 Å². The van der Waals surface area contributed by atoms with Crippen LogP contribution in [0.4, 0.5) is 0 Å². The normalized spacial score (nSPS) is 15.4. The molecule has 3 N–H and O–H groups in total. The number of aromatic hydroxyl groups is 1. The monoisotopic (exact) mass is 408 g/mol. The van der Waals surface area contributed by atoms with Gasteiger partial charge in [-0.05, 0) is 29.8 Å². The van der Waals surface area contributed by atoms with Crippen molar-refractivity contribution in [1.29, 1.82) is 0 Å². The van der Waals surface area contributed by atoms with Gasteiger partial charge < -0.3 is 20.0 Å². The molecule has 4 rings (SSSR count). The highest BCUT2D eigenvalue weighted by molar-refractivity contribution is 6.03. The van der Waals surface area contributed by atoms with Crippen LogP contribution in [0.15, 0.2) is 63.2 Å². The van der Waals surface area contributed by atoms with Crippen molar-refractivity contribution in [1.82, 2.24) is 15.0 Å². The van der Waals surface area contributed by atoms with Crippen molar-refractivity contribution >= 4 is 5.71 Å². The number of hydrogen-bond acceptors (Lipinski definition) is 7. The Morgan fingerprint density at radius 3 is 2.50 bits per heavy atom. The number of H-pyrrole nitrogens is 1. The van der Waals surface area contributed by atoms with Gasteiger partial charge in [-0.1, -0.05) is 24.3 Å². The molecule has 30 heavy (non-hydrogen) atoms. The molecule has 1 atom stereocenters. The zero-order valence-corrected chi connectivity index (χ0v) is 16.4. The zero-order valence-electron chi connectivity index (χ0n) is 16.4. The number of nitrogens with one attached hydrogen (secondary N) is 2. The number of aromatic amines is 1. The maximum atomic E-state index is 12.5. The molecule has 0 saturated heterocycles. The molecule has 1 aliphatic heterocycles. The van der Waals surface area contributed by atoms with Gasteiger partial charge in [-0.2, -0.15) is 5.10 Å². The SMILES string of the molecule is COc1ccc([C@@H]2CC(c3c(O)n(-c4ccccc4OC)c(=O)[nH]c3=O)=NN2)cc1. The van der Waals surface area contributed by atoms with Gasteiger partial charge in [-0.15, -0.1) is 0 Å². The Kier molecular flexibility index (Phi) is 5.01. The first kappa shape index (κ1) is 19.3. The Hall–Kier alpha value is -4.01. The summed E-state index contributed by atoms with van der Waals surface area (Å²) in [5, 5.41) is 15.1. The Labute approximate surface area is 171 Å². The van der Waals surface area contributed by atoms with Crippen LogP contribution in [0, 0.1) is 0 Å². The van der Waals surface area contributed by atoms with E-state index in [4.69, 9.17) is 9.47 Å². The Balaban J connectivity index is 1.73. The van der Waals surface area contributed by atoms with E-state index in [1.165, 1.54) is 7.11 Å². The topological polar surface area (TPSA) is 118 Å². The lowest BCUT2D eigenvalue weighted by Crippen LogP contribution is -2.33. The quantitative estimate of drug-likeness (QED) is 0.591. The second-order valence-corrected chi connectivity index (χ2v) is 6.68. The van der Waals surface area contributed by atoms with Crippen molar-refractivity contribution in [2.45, 2.75) is 12.5 Å². The third-order valence-corrected chi connectivity index (χ3v) is 4.97. The summed E-state index contributed by atoms with van der Waals surface area (Å²) < 4.78 is 11.5. The molecule has 3 aromatic rings. The lowest BCUT2D eigenvalue weighted by molar-refractivity contribution is 0.401. The molecule has 0 spiro atoms. The average Bonchev–Trinajstić information content (AvgIpc) is 3.23. The predicted octanol–water partition coefficient (Wildman–Crippen LogP) is 1.69. The summed E-state index contributed by atoms with van der Waals surface area (Å²) >= 11 is 0. The minimum absolute atomic E-state index is 0.0657. The van der Waals surface area contributed by atoms with Crippen molar-refractivity contribution in [2.75, 3.05) is 14.2 Å². The minimum Gasteiger partial charge on any atom is -0.497 e. The van der Waals surface area contributed by atoms with Crippen LogP contribution in [0.3, 0.4) is 0 Å². The molecule has 1 aliphatic rings. The Bertz CT molecular complexity index is 1230. The maximum Gasteiger partial charge on any atom is 0.335 e. The van der Waals surface area contributed by atoms with Crippen LogP contribution in [0.25, 0.3) is 5.69 Å². The second kappa shape index (κ2) is 7.78. The van der Waals surface area contributed by atoms with E-state index in [0.29, 0.717) is 23.6 Å². The van der Waals surface area contributed by atoms with E-state index in [0.717, 1.165) is 15.9 Å². The fraction of sp³-hybridized carbons (Fsp3) is 0.190. The standard InChI is InChI=1S/C21H20N4O5/c1-29-13-9-7-12(8-10-13)14-11-15(24-23-14)18-19(26)22-21(28)25(20(18)27)16-5-3-4-6-17(16)30-2/h3-10,14,23,27H,11H2,1-2H3,(H,22,26,28)/t14-/m0/s1. The summed E-state index contributed by atoms with van der Waals surface area (Å²) in [6, 6.07) is 14.0. The molecule has 0 unspecified atom stereocenters. The van der Waals surface area contributed by atoms with E-state index in [9.17, 15) is 14.7 Å². The van der Waals surface area contributed by atoms with E-state index < -0.39 is 17.1 Å². The van der Waals surface area contributed by atoms with Crippen LogP contribution in [-0.2, 0) is 0 Å². The van der Waals surface area contributed by atoms with Gasteiger partial charge in [0.15, 0.2) is 0 Å². The van der Waals surface area contributed by atoms with Gasteiger partial charge in [0.25, 0.3) is 5.56 Å². The van der Waals surface area contributed by atoms with Crippen LogP contribution in [0.1, 0.15) is 23.6 Å². The average molecular weight is 408 g/mol. The molecule has 0 bridgehead atoms. The summed E-state index contributed by atoms with van der Waals surface area (Å²) in [6.45, 7) is 0. The number of hydrazone groups is 1. The van der Waals surface area contributed by atoms with Crippen LogP contribution in [-0.4, -0.2) is 34.6 Å². The predicted molar refractivity (Wildman–Crippen MR) is 111 cm³/mol. The molecule has 0 saturated carbocycles. The van der Waals surface area contributed by atoms with E-state index in [-0.39, 0.29) is 11.6 Å². The molecular formula is C21H20N4O5. The van der Waals surface area contributed by atoms with Crippen LogP contribution in [0.2, 0.25) is 0 Å². The Morgan fingerprint density at radius 1 is 1.07 bits per heavy atom. The number of hydrogen-bond donors (Lipinski definition) is 3. The smallest absolute Gasteiger partial charge is 0.335 e. The lowest BCUT2D eigenvalue weighted by atomic mass is 10.00. The van der Waals surface area contributed by atoms with Crippen LogP contribution >= 0.6 is 0 Å². The molecule has 0 radical (unpaired) electrons. The van der Waals surface area contributed by atoms with Gasteiger partial charge in [-0.3, -0.25) is 9.78 Å². The molecule has 9 nitrogen and oxygen atoms in total. The number of rotatable bonds is 5.